The van der Waals surface area contributed by atoms with Crippen LogP contribution in [0, 0.1) is 23.0 Å². The van der Waals surface area contributed by atoms with Crippen molar-refractivity contribution in [1.29, 1.82) is 5.26 Å². The standard InChI is InChI=1S/C24H18ClF2N3/c25-23-19(27)11-20-17(22(23)21-15(13-28)5-4-8-18(21)26)12-24(14-29-9-10-30(20)24)16-6-2-1-3-7-16/h1-8,11,29H,9-10,12,14H2. The molecule has 150 valence electrons. The normalized spacial score (nSPS) is 19.9. The number of nitriles is 1. The van der Waals surface area contributed by atoms with Crippen LogP contribution in [0.1, 0.15) is 16.7 Å². The molecule has 0 saturated carbocycles. The van der Waals surface area contributed by atoms with Gasteiger partial charge >= 0.3 is 0 Å². The number of hydrogen-bond donors (Lipinski definition) is 1. The van der Waals surface area contributed by atoms with Gasteiger partial charge in [-0.2, -0.15) is 5.26 Å². The minimum atomic E-state index is -0.611. The van der Waals surface area contributed by atoms with Gasteiger partial charge in [-0.25, -0.2) is 8.78 Å². The number of piperazine rings is 1. The molecule has 30 heavy (non-hydrogen) atoms. The molecule has 1 N–H and O–H groups in total. The number of hydrogen-bond acceptors (Lipinski definition) is 3. The minimum absolute atomic E-state index is 0.0665. The first-order valence-electron chi connectivity index (χ1n) is 9.80. The van der Waals surface area contributed by atoms with Gasteiger partial charge in [0.15, 0.2) is 0 Å². The van der Waals surface area contributed by atoms with E-state index in [9.17, 15) is 14.0 Å². The molecule has 2 aliphatic rings. The van der Waals surface area contributed by atoms with Gasteiger partial charge in [0.2, 0.25) is 0 Å². The molecule has 0 bridgehead atoms. The predicted octanol–water partition coefficient (Wildman–Crippen LogP) is 5.02. The number of benzene rings is 3. The van der Waals surface area contributed by atoms with E-state index in [-0.39, 0.29) is 21.7 Å². The average Bonchev–Trinajstić information content (AvgIpc) is 3.11. The lowest BCUT2D eigenvalue weighted by atomic mass is 9.83. The molecule has 3 nitrogen and oxygen atoms in total. The van der Waals surface area contributed by atoms with Crippen LogP contribution in [0.15, 0.2) is 54.6 Å². The third-order valence-corrected chi connectivity index (χ3v) is 6.57. The molecule has 1 saturated heterocycles. The summed E-state index contributed by atoms with van der Waals surface area (Å²) in [5, 5.41) is 12.9. The van der Waals surface area contributed by atoms with Gasteiger partial charge in [0.05, 0.1) is 22.2 Å². The predicted molar refractivity (Wildman–Crippen MR) is 114 cm³/mol. The van der Waals surface area contributed by atoms with Crippen molar-refractivity contribution in [3.63, 3.8) is 0 Å². The first-order chi connectivity index (χ1) is 14.6. The quantitative estimate of drug-likeness (QED) is 0.631. The molecule has 5 rings (SSSR count). The van der Waals surface area contributed by atoms with Crippen molar-refractivity contribution in [3.05, 3.63) is 87.9 Å². The van der Waals surface area contributed by atoms with Gasteiger partial charge in [0, 0.05) is 42.9 Å². The number of fused-ring (bicyclic) bond motifs is 3. The van der Waals surface area contributed by atoms with Crippen molar-refractivity contribution in [1.82, 2.24) is 5.32 Å². The fourth-order valence-corrected chi connectivity index (χ4v) is 5.17. The SMILES string of the molecule is N#Cc1cccc(F)c1-c1c(Cl)c(F)cc2c1CC1(c3ccccc3)CNCCN21. The van der Waals surface area contributed by atoms with E-state index in [1.165, 1.54) is 24.3 Å². The van der Waals surface area contributed by atoms with Gasteiger partial charge in [-0.05, 0) is 29.3 Å². The van der Waals surface area contributed by atoms with Crippen LogP contribution in [0.2, 0.25) is 5.02 Å². The van der Waals surface area contributed by atoms with Crippen LogP contribution in [0.3, 0.4) is 0 Å². The van der Waals surface area contributed by atoms with E-state index >= 15 is 0 Å². The van der Waals surface area contributed by atoms with E-state index in [0.29, 0.717) is 25.2 Å². The number of rotatable bonds is 2. The Labute approximate surface area is 178 Å². The monoisotopic (exact) mass is 421 g/mol. The second-order valence-corrected chi connectivity index (χ2v) is 8.10. The summed E-state index contributed by atoms with van der Waals surface area (Å²) >= 11 is 6.42. The van der Waals surface area contributed by atoms with Crippen molar-refractivity contribution in [3.8, 4) is 17.2 Å². The topological polar surface area (TPSA) is 39.1 Å². The summed E-state index contributed by atoms with van der Waals surface area (Å²) < 4.78 is 29.9. The molecule has 0 amide bonds. The van der Waals surface area contributed by atoms with Gasteiger partial charge in [-0.1, -0.05) is 48.0 Å². The minimum Gasteiger partial charge on any atom is -0.359 e. The first kappa shape index (κ1) is 19.0. The van der Waals surface area contributed by atoms with E-state index < -0.39 is 17.2 Å². The van der Waals surface area contributed by atoms with Crippen molar-refractivity contribution >= 4 is 17.3 Å². The molecule has 6 heteroatoms. The summed E-state index contributed by atoms with van der Waals surface area (Å²) in [5.74, 6) is -1.19. The van der Waals surface area contributed by atoms with Crippen LogP contribution in [0.4, 0.5) is 14.5 Å². The summed E-state index contributed by atoms with van der Waals surface area (Å²) in [6.07, 6.45) is 0.536. The summed E-state index contributed by atoms with van der Waals surface area (Å²) in [4.78, 5) is 2.20. The molecular formula is C24H18ClF2N3. The maximum Gasteiger partial charge on any atom is 0.144 e. The van der Waals surface area contributed by atoms with Crippen molar-refractivity contribution in [2.75, 3.05) is 24.5 Å². The molecule has 3 aromatic carbocycles. The Morgan fingerprint density at radius 2 is 1.83 bits per heavy atom. The molecule has 0 spiro atoms. The van der Waals surface area contributed by atoms with E-state index in [1.54, 1.807) is 0 Å². The van der Waals surface area contributed by atoms with Gasteiger partial charge in [0.25, 0.3) is 0 Å². The average molecular weight is 422 g/mol. The van der Waals surface area contributed by atoms with Gasteiger partial charge in [-0.15, -0.1) is 0 Å². The largest absolute Gasteiger partial charge is 0.359 e. The van der Waals surface area contributed by atoms with Crippen molar-refractivity contribution in [2.24, 2.45) is 0 Å². The van der Waals surface area contributed by atoms with Crippen LogP contribution in [-0.2, 0) is 12.0 Å². The van der Waals surface area contributed by atoms with Crippen LogP contribution < -0.4 is 10.2 Å². The fraction of sp³-hybridized carbons (Fsp3) is 0.208. The number of halogens is 3. The second kappa shape index (κ2) is 7.09. The Kier molecular flexibility index (Phi) is 4.50. The van der Waals surface area contributed by atoms with E-state index in [1.807, 2.05) is 24.3 Å². The van der Waals surface area contributed by atoms with Crippen LogP contribution in [0.5, 0.6) is 0 Å². The molecule has 1 fully saturated rings. The third-order valence-electron chi connectivity index (χ3n) is 6.21. The molecule has 3 aromatic rings. The highest BCUT2D eigenvalue weighted by Crippen LogP contribution is 2.52. The maximum absolute atomic E-state index is 15.0. The molecule has 1 atom stereocenters. The summed E-state index contributed by atoms with van der Waals surface area (Å²) in [6.45, 7) is 2.12. The van der Waals surface area contributed by atoms with Crippen molar-refractivity contribution < 1.29 is 8.78 Å². The lowest BCUT2D eigenvalue weighted by Gasteiger charge is -2.45. The van der Waals surface area contributed by atoms with E-state index in [0.717, 1.165) is 17.7 Å². The second-order valence-electron chi connectivity index (χ2n) is 7.72. The van der Waals surface area contributed by atoms with Crippen LogP contribution in [-0.4, -0.2) is 19.6 Å². The highest BCUT2D eigenvalue weighted by molar-refractivity contribution is 6.34. The Hall–Kier alpha value is -2.94. The number of nitrogens with one attached hydrogen (secondary N) is 1. The van der Waals surface area contributed by atoms with Gasteiger partial charge in [-0.3, -0.25) is 0 Å². The maximum atomic E-state index is 15.0. The fourth-order valence-electron chi connectivity index (χ4n) is 4.91. The van der Waals surface area contributed by atoms with E-state index in [4.69, 9.17) is 11.6 Å². The highest BCUT2D eigenvalue weighted by Gasteiger charge is 2.48. The lowest BCUT2D eigenvalue weighted by Crippen LogP contribution is -2.57. The molecule has 0 aliphatic carbocycles. The molecule has 0 aromatic heterocycles. The molecule has 2 heterocycles. The Bertz CT molecular complexity index is 1190. The van der Waals surface area contributed by atoms with Gasteiger partial charge < -0.3 is 10.2 Å². The Morgan fingerprint density at radius 3 is 2.60 bits per heavy atom. The van der Waals surface area contributed by atoms with E-state index in [2.05, 4.69) is 22.3 Å². The number of nitrogens with zero attached hydrogens (tertiary/aromatic N) is 2. The highest BCUT2D eigenvalue weighted by atomic mass is 35.5. The first-order valence-corrected chi connectivity index (χ1v) is 10.2. The molecule has 1 unspecified atom stereocenters. The lowest BCUT2D eigenvalue weighted by molar-refractivity contribution is 0.350. The number of anilines is 1. The zero-order valence-corrected chi connectivity index (χ0v) is 16.8. The summed E-state index contributed by atoms with van der Waals surface area (Å²) in [5.41, 5.74) is 2.65. The molecule has 2 aliphatic heterocycles. The van der Waals surface area contributed by atoms with Crippen LogP contribution in [0.25, 0.3) is 11.1 Å². The Morgan fingerprint density at radius 1 is 1.03 bits per heavy atom. The summed E-state index contributed by atoms with van der Waals surface area (Å²) in [7, 11) is 0. The van der Waals surface area contributed by atoms with Crippen LogP contribution >= 0.6 is 11.6 Å². The molecular weight excluding hydrogens is 404 g/mol. The van der Waals surface area contributed by atoms with Crippen molar-refractivity contribution in [2.45, 2.75) is 12.0 Å². The summed E-state index contributed by atoms with van der Waals surface area (Å²) in [6, 6.07) is 17.8. The molecule has 0 radical (unpaired) electrons. The van der Waals surface area contributed by atoms with Gasteiger partial charge in [0.1, 0.15) is 11.6 Å². The smallest absolute Gasteiger partial charge is 0.144 e. The Balaban J connectivity index is 1.80. The third kappa shape index (κ3) is 2.64. The zero-order chi connectivity index (χ0) is 20.9. The zero-order valence-electron chi connectivity index (χ0n) is 16.1.